The van der Waals surface area contributed by atoms with E-state index in [1.165, 1.54) is 22.4 Å². The third-order valence-electron chi connectivity index (χ3n) is 5.24. The molecule has 0 radical (unpaired) electrons. The second kappa shape index (κ2) is 8.57. The second-order valence-electron chi connectivity index (χ2n) is 7.62. The SMILES string of the molecule is Cc1ccc(-c2nnc(SC[C@H]3C[NH2+][C@H](c4ccc(N(C)C)cc4)O3)o2)cc1C. The molecule has 0 spiro atoms. The van der Waals surface area contributed by atoms with Gasteiger partial charge in [0.1, 0.15) is 12.6 Å². The summed E-state index contributed by atoms with van der Waals surface area (Å²) in [5, 5.41) is 11.2. The van der Waals surface area contributed by atoms with E-state index in [2.05, 4.69) is 70.7 Å². The first-order valence-corrected chi connectivity index (χ1v) is 10.8. The number of aromatic nitrogens is 2. The highest BCUT2D eigenvalue weighted by Crippen LogP contribution is 2.27. The predicted octanol–water partition coefficient (Wildman–Crippen LogP) is 3.17. The maximum Gasteiger partial charge on any atom is 0.276 e. The summed E-state index contributed by atoms with van der Waals surface area (Å²) >= 11 is 1.55. The van der Waals surface area contributed by atoms with Crippen LogP contribution in [0, 0.1) is 13.8 Å². The molecule has 3 aromatic rings. The molecule has 0 saturated carbocycles. The maximum absolute atomic E-state index is 6.21. The maximum atomic E-state index is 6.21. The van der Waals surface area contributed by atoms with E-state index in [0.29, 0.717) is 11.1 Å². The Morgan fingerprint density at radius 3 is 2.59 bits per heavy atom. The fraction of sp³-hybridized carbons (Fsp3) is 0.364. The Hall–Kier alpha value is -2.35. The van der Waals surface area contributed by atoms with Crippen LogP contribution < -0.4 is 10.2 Å². The molecule has 29 heavy (non-hydrogen) atoms. The lowest BCUT2D eigenvalue weighted by Gasteiger charge is -2.14. The Balaban J connectivity index is 1.32. The Morgan fingerprint density at radius 2 is 1.86 bits per heavy atom. The van der Waals surface area contributed by atoms with Crippen LogP contribution in [0.15, 0.2) is 52.1 Å². The van der Waals surface area contributed by atoms with Crippen molar-refractivity contribution < 1.29 is 14.5 Å². The monoisotopic (exact) mass is 411 g/mol. The topological polar surface area (TPSA) is 68.0 Å². The summed E-state index contributed by atoms with van der Waals surface area (Å²) in [6.07, 6.45) is 0.195. The van der Waals surface area contributed by atoms with Crippen LogP contribution in [0.1, 0.15) is 22.9 Å². The normalized spacial score (nSPS) is 18.9. The largest absolute Gasteiger partial charge is 0.411 e. The smallest absolute Gasteiger partial charge is 0.276 e. The van der Waals surface area contributed by atoms with E-state index in [9.17, 15) is 0 Å². The van der Waals surface area contributed by atoms with Crippen LogP contribution in [0.25, 0.3) is 11.5 Å². The summed E-state index contributed by atoms with van der Waals surface area (Å²) < 4.78 is 12.1. The van der Waals surface area contributed by atoms with Gasteiger partial charge in [0, 0.05) is 36.7 Å². The Labute approximate surface area is 175 Å². The molecule has 1 aliphatic rings. The average molecular weight is 412 g/mol. The van der Waals surface area contributed by atoms with Crippen molar-refractivity contribution in [2.24, 2.45) is 0 Å². The van der Waals surface area contributed by atoms with Gasteiger partial charge >= 0.3 is 0 Å². The molecule has 4 rings (SSSR count). The molecule has 0 amide bonds. The van der Waals surface area contributed by atoms with Gasteiger partial charge in [0.05, 0.1) is 0 Å². The molecule has 6 nitrogen and oxygen atoms in total. The molecule has 1 aliphatic heterocycles. The molecule has 2 aromatic carbocycles. The van der Waals surface area contributed by atoms with Gasteiger partial charge in [0.25, 0.3) is 5.22 Å². The van der Waals surface area contributed by atoms with Crippen molar-refractivity contribution in [2.75, 3.05) is 31.3 Å². The molecule has 0 unspecified atom stereocenters. The van der Waals surface area contributed by atoms with Gasteiger partial charge in [-0.15, -0.1) is 10.2 Å². The van der Waals surface area contributed by atoms with Gasteiger partial charge in [-0.05, 0) is 61.4 Å². The van der Waals surface area contributed by atoms with Crippen molar-refractivity contribution in [3.05, 3.63) is 59.2 Å². The van der Waals surface area contributed by atoms with Crippen LogP contribution in [0.2, 0.25) is 0 Å². The van der Waals surface area contributed by atoms with E-state index in [-0.39, 0.29) is 12.3 Å². The van der Waals surface area contributed by atoms with Gasteiger partial charge in [0.2, 0.25) is 12.1 Å². The first-order chi connectivity index (χ1) is 14.0. The molecule has 1 aromatic heterocycles. The van der Waals surface area contributed by atoms with Crippen molar-refractivity contribution in [1.82, 2.24) is 10.2 Å². The lowest BCUT2D eigenvalue weighted by Crippen LogP contribution is -2.82. The lowest BCUT2D eigenvalue weighted by molar-refractivity contribution is -0.697. The van der Waals surface area contributed by atoms with E-state index in [4.69, 9.17) is 9.15 Å². The van der Waals surface area contributed by atoms with Crippen LogP contribution in [0.3, 0.4) is 0 Å². The molecule has 2 N–H and O–H groups in total. The first kappa shape index (κ1) is 19.9. The highest BCUT2D eigenvalue weighted by atomic mass is 32.2. The highest BCUT2D eigenvalue weighted by molar-refractivity contribution is 7.99. The number of aryl methyl sites for hydroxylation is 2. The third kappa shape index (κ3) is 4.63. The van der Waals surface area contributed by atoms with Crippen molar-refractivity contribution in [3.8, 4) is 11.5 Å². The van der Waals surface area contributed by atoms with E-state index in [1.807, 2.05) is 20.2 Å². The number of hydrogen-bond donors (Lipinski definition) is 1. The third-order valence-corrected chi connectivity index (χ3v) is 6.19. The Morgan fingerprint density at radius 1 is 1.07 bits per heavy atom. The van der Waals surface area contributed by atoms with Gasteiger partial charge in [0.15, 0.2) is 0 Å². The van der Waals surface area contributed by atoms with Crippen molar-refractivity contribution in [1.29, 1.82) is 0 Å². The van der Waals surface area contributed by atoms with Crippen molar-refractivity contribution in [3.63, 3.8) is 0 Å². The highest BCUT2D eigenvalue weighted by Gasteiger charge is 2.30. The molecule has 1 fully saturated rings. The number of benzene rings is 2. The van der Waals surface area contributed by atoms with Crippen molar-refractivity contribution in [2.45, 2.75) is 31.4 Å². The predicted molar refractivity (Wildman–Crippen MR) is 115 cm³/mol. The average Bonchev–Trinajstić information content (AvgIpc) is 3.38. The van der Waals surface area contributed by atoms with Gasteiger partial charge in [-0.25, -0.2) is 0 Å². The summed E-state index contributed by atoms with van der Waals surface area (Å²) in [7, 11) is 4.09. The number of nitrogens with zero attached hydrogens (tertiary/aromatic N) is 3. The minimum atomic E-state index is 0.0468. The molecule has 2 atom stereocenters. The standard InChI is InChI=1S/C22H26N4O2S/c1-14-5-6-17(11-15(14)2)21-24-25-22(28-21)29-13-19-12-23-20(27-19)16-7-9-18(10-8-16)26(3)4/h5-11,19-20,23H,12-13H2,1-4H3/p+1/t19-,20+/m1/s1. The fourth-order valence-electron chi connectivity index (χ4n) is 3.30. The van der Waals surface area contributed by atoms with Crippen LogP contribution in [-0.2, 0) is 4.74 Å². The van der Waals surface area contributed by atoms with Gasteiger partial charge in [-0.1, -0.05) is 17.8 Å². The van der Waals surface area contributed by atoms with E-state index < -0.39 is 0 Å². The summed E-state index contributed by atoms with van der Waals surface area (Å²) in [6.45, 7) is 5.10. The van der Waals surface area contributed by atoms with Gasteiger partial charge < -0.3 is 19.4 Å². The Bertz CT molecular complexity index is 971. The quantitative estimate of drug-likeness (QED) is 0.629. The minimum absolute atomic E-state index is 0.0468. The molecule has 152 valence electrons. The van der Waals surface area contributed by atoms with Crippen LogP contribution in [0.5, 0.6) is 0 Å². The summed E-state index contributed by atoms with van der Waals surface area (Å²) in [6, 6.07) is 14.7. The minimum Gasteiger partial charge on any atom is -0.411 e. The van der Waals surface area contributed by atoms with Crippen LogP contribution in [-0.4, -0.2) is 42.7 Å². The zero-order valence-electron chi connectivity index (χ0n) is 17.3. The molecular formula is C22H27N4O2S+. The van der Waals surface area contributed by atoms with E-state index in [0.717, 1.165) is 17.9 Å². The molecule has 2 heterocycles. The number of thioether (sulfide) groups is 1. The second-order valence-corrected chi connectivity index (χ2v) is 8.59. The lowest BCUT2D eigenvalue weighted by atomic mass is 10.1. The summed E-state index contributed by atoms with van der Waals surface area (Å²) in [5.74, 6) is 1.35. The van der Waals surface area contributed by atoms with Gasteiger partial charge in [-0.3, -0.25) is 0 Å². The number of quaternary nitrogens is 1. The zero-order chi connectivity index (χ0) is 20.4. The number of nitrogens with two attached hydrogens (primary N) is 1. The van der Waals surface area contributed by atoms with E-state index in [1.54, 1.807) is 11.8 Å². The fourth-order valence-corrected chi connectivity index (χ4v) is 4.08. The van der Waals surface area contributed by atoms with Crippen LogP contribution in [0.4, 0.5) is 5.69 Å². The first-order valence-electron chi connectivity index (χ1n) is 9.79. The Kier molecular flexibility index (Phi) is 5.89. The summed E-state index contributed by atoms with van der Waals surface area (Å²) in [5.41, 5.74) is 5.81. The van der Waals surface area contributed by atoms with E-state index >= 15 is 0 Å². The van der Waals surface area contributed by atoms with Gasteiger partial charge in [-0.2, -0.15) is 0 Å². The molecular weight excluding hydrogens is 384 g/mol. The zero-order valence-corrected chi connectivity index (χ0v) is 18.1. The number of rotatable bonds is 6. The summed E-state index contributed by atoms with van der Waals surface area (Å²) in [4.78, 5) is 2.10. The number of ether oxygens (including phenoxy) is 1. The van der Waals surface area contributed by atoms with Crippen molar-refractivity contribution >= 4 is 17.4 Å². The molecule has 1 saturated heterocycles. The van der Waals surface area contributed by atoms with Crippen LogP contribution >= 0.6 is 11.8 Å². The molecule has 7 heteroatoms. The molecule has 0 aliphatic carbocycles. The number of hydrogen-bond acceptors (Lipinski definition) is 6. The molecule has 0 bridgehead atoms. The number of anilines is 1.